The van der Waals surface area contributed by atoms with Crippen molar-refractivity contribution in [3.63, 3.8) is 0 Å². The predicted molar refractivity (Wildman–Crippen MR) is 83.6 cm³/mol. The minimum absolute atomic E-state index is 0.160. The molecular weight excluding hydrogens is 266 g/mol. The molecule has 0 spiro atoms. The Hall–Kier alpha value is -2.01. The minimum atomic E-state index is -0.176. The standard InChI is InChI=1S/C16H21N3O2/c1-2-19-11-14(13-7-3-4-8-15(13)19)18-16(20)17-10-12-6-5-9-21-12/h3-4,7-8,11-12H,2,5-6,9-10H2,1H3,(H2,17,18,20)/t12-/m1/s1. The van der Waals surface area contributed by atoms with Gasteiger partial charge in [-0.2, -0.15) is 0 Å². The first-order valence-corrected chi connectivity index (χ1v) is 7.52. The van der Waals surface area contributed by atoms with Crippen LogP contribution in [0.2, 0.25) is 0 Å². The third-order valence-corrected chi connectivity index (χ3v) is 3.89. The lowest BCUT2D eigenvalue weighted by Crippen LogP contribution is -2.34. The molecule has 1 aliphatic heterocycles. The van der Waals surface area contributed by atoms with Crippen molar-refractivity contribution in [1.82, 2.24) is 9.88 Å². The summed E-state index contributed by atoms with van der Waals surface area (Å²) in [6.07, 6.45) is 4.25. The molecule has 1 aromatic carbocycles. The fourth-order valence-corrected chi connectivity index (χ4v) is 2.79. The van der Waals surface area contributed by atoms with E-state index >= 15 is 0 Å². The van der Waals surface area contributed by atoms with Gasteiger partial charge in [-0.1, -0.05) is 18.2 Å². The zero-order valence-corrected chi connectivity index (χ0v) is 12.3. The van der Waals surface area contributed by atoms with Crippen molar-refractivity contribution in [2.24, 2.45) is 0 Å². The lowest BCUT2D eigenvalue weighted by molar-refractivity contribution is 0.112. The Morgan fingerprint density at radius 3 is 3.05 bits per heavy atom. The minimum Gasteiger partial charge on any atom is -0.376 e. The highest BCUT2D eigenvalue weighted by molar-refractivity contribution is 6.01. The number of benzene rings is 1. The summed E-state index contributed by atoms with van der Waals surface area (Å²) in [5.74, 6) is 0. The Labute approximate surface area is 124 Å². The quantitative estimate of drug-likeness (QED) is 0.908. The van der Waals surface area contributed by atoms with Crippen LogP contribution in [-0.2, 0) is 11.3 Å². The predicted octanol–water partition coefficient (Wildman–Crippen LogP) is 2.96. The average molecular weight is 287 g/mol. The molecule has 3 rings (SSSR count). The molecule has 1 saturated heterocycles. The van der Waals surface area contributed by atoms with Gasteiger partial charge in [0.2, 0.25) is 0 Å². The molecule has 0 bridgehead atoms. The van der Waals surface area contributed by atoms with Gasteiger partial charge in [-0.05, 0) is 25.8 Å². The average Bonchev–Trinajstić information content (AvgIpc) is 3.13. The number of nitrogens with one attached hydrogen (secondary N) is 2. The second kappa shape index (κ2) is 6.18. The Morgan fingerprint density at radius 1 is 1.43 bits per heavy atom. The maximum absolute atomic E-state index is 12.0. The zero-order chi connectivity index (χ0) is 14.7. The highest BCUT2D eigenvalue weighted by Gasteiger charge is 2.16. The van der Waals surface area contributed by atoms with Crippen LogP contribution in [0, 0.1) is 0 Å². The van der Waals surface area contributed by atoms with Crippen LogP contribution >= 0.6 is 0 Å². The molecule has 1 fully saturated rings. The summed E-state index contributed by atoms with van der Waals surface area (Å²) in [5.41, 5.74) is 1.98. The smallest absolute Gasteiger partial charge is 0.319 e. The van der Waals surface area contributed by atoms with E-state index < -0.39 is 0 Å². The van der Waals surface area contributed by atoms with Gasteiger partial charge in [0.05, 0.1) is 17.3 Å². The van der Waals surface area contributed by atoms with Gasteiger partial charge in [0.25, 0.3) is 0 Å². The number of rotatable bonds is 4. The fourth-order valence-electron chi connectivity index (χ4n) is 2.79. The zero-order valence-electron chi connectivity index (χ0n) is 12.3. The normalized spacial score (nSPS) is 18.0. The van der Waals surface area contributed by atoms with Crippen LogP contribution in [-0.4, -0.2) is 29.9 Å². The molecule has 0 aliphatic carbocycles. The Balaban J connectivity index is 1.67. The number of carbonyl (C=O) groups is 1. The van der Waals surface area contributed by atoms with E-state index in [9.17, 15) is 4.79 Å². The van der Waals surface area contributed by atoms with Gasteiger partial charge in [-0.15, -0.1) is 0 Å². The molecule has 0 unspecified atom stereocenters. The first-order valence-electron chi connectivity index (χ1n) is 7.52. The lowest BCUT2D eigenvalue weighted by atomic mass is 10.2. The number of amides is 2. The number of aromatic nitrogens is 1. The van der Waals surface area contributed by atoms with Crippen LogP contribution in [0.4, 0.5) is 10.5 Å². The van der Waals surface area contributed by atoms with Gasteiger partial charge in [0.15, 0.2) is 0 Å². The van der Waals surface area contributed by atoms with Gasteiger partial charge in [-0.3, -0.25) is 0 Å². The van der Waals surface area contributed by atoms with E-state index in [1.807, 2.05) is 24.4 Å². The molecular formula is C16H21N3O2. The van der Waals surface area contributed by atoms with E-state index in [0.717, 1.165) is 42.6 Å². The first kappa shape index (κ1) is 13.9. The van der Waals surface area contributed by atoms with E-state index in [1.54, 1.807) is 0 Å². The third kappa shape index (κ3) is 3.03. The van der Waals surface area contributed by atoms with E-state index in [2.05, 4.69) is 28.2 Å². The number of fused-ring (bicyclic) bond motifs is 1. The maximum atomic E-state index is 12.0. The topological polar surface area (TPSA) is 55.3 Å². The Morgan fingerprint density at radius 2 is 2.29 bits per heavy atom. The van der Waals surface area contributed by atoms with Crippen molar-refractivity contribution in [2.45, 2.75) is 32.4 Å². The number of hydrogen-bond donors (Lipinski definition) is 2. The molecule has 1 aliphatic rings. The summed E-state index contributed by atoms with van der Waals surface area (Å²) in [4.78, 5) is 12.0. The molecule has 0 radical (unpaired) electrons. The highest BCUT2D eigenvalue weighted by atomic mass is 16.5. The monoisotopic (exact) mass is 287 g/mol. The summed E-state index contributed by atoms with van der Waals surface area (Å²) < 4.78 is 7.63. The van der Waals surface area contributed by atoms with Crippen LogP contribution in [0.5, 0.6) is 0 Å². The van der Waals surface area contributed by atoms with Gasteiger partial charge in [0, 0.05) is 31.3 Å². The second-order valence-corrected chi connectivity index (χ2v) is 5.32. The summed E-state index contributed by atoms with van der Waals surface area (Å²) in [6, 6.07) is 7.91. The molecule has 2 amide bonds. The SMILES string of the molecule is CCn1cc(NC(=O)NC[C@H]2CCCO2)c2ccccc21. The largest absolute Gasteiger partial charge is 0.376 e. The Bertz CT molecular complexity index is 629. The first-order chi connectivity index (χ1) is 10.3. The molecule has 112 valence electrons. The van der Waals surface area contributed by atoms with E-state index in [0.29, 0.717) is 6.54 Å². The van der Waals surface area contributed by atoms with Gasteiger partial charge >= 0.3 is 6.03 Å². The number of aryl methyl sites for hydroxylation is 1. The van der Waals surface area contributed by atoms with Crippen LogP contribution < -0.4 is 10.6 Å². The molecule has 2 N–H and O–H groups in total. The third-order valence-electron chi connectivity index (χ3n) is 3.89. The molecule has 5 heteroatoms. The van der Waals surface area contributed by atoms with Crippen molar-refractivity contribution in [1.29, 1.82) is 0 Å². The van der Waals surface area contributed by atoms with Crippen LogP contribution in [0.3, 0.4) is 0 Å². The summed E-state index contributed by atoms with van der Waals surface area (Å²) in [6.45, 7) is 4.34. The molecule has 1 aromatic heterocycles. The molecule has 2 heterocycles. The van der Waals surface area contributed by atoms with E-state index in [-0.39, 0.29) is 12.1 Å². The molecule has 1 atom stereocenters. The van der Waals surface area contributed by atoms with Crippen molar-refractivity contribution in [2.75, 3.05) is 18.5 Å². The molecule has 2 aromatic rings. The van der Waals surface area contributed by atoms with Crippen LogP contribution in [0.15, 0.2) is 30.5 Å². The van der Waals surface area contributed by atoms with Crippen molar-refractivity contribution < 1.29 is 9.53 Å². The summed E-state index contributed by atoms with van der Waals surface area (Å²) >= 11 is 0. The van der Waals surface area contributed by atoms with E-state index in [1.165, 1.54) is 0 Å². The number of para-hydroxylation sites is 1. The van der Waals surface area contributed by atoms with Gasteiger partial charge in [-0.25, -0.2) is 4.79 Å². The molecule has 5 nitrogen and oxygen atoms in total. The molecule has 21 heavy (non-hydrogen) atoms. The Kier molecular flexibility index (Phi) is 4.10. The number of hydrogen-bond acceptors (Lipinski definition) is 2. The van der Waals surface area contributed by atoms with Gasteiger partial charge in [0.1, 0.15) is 0 Å². The molecule has 0 saturated carbocycles. The lowest BCUT2D eigenvalue weighted by Gasteiger charge is -2.11. The number of anilines is 1. The number of carbonyl (C=O) groups excluding carboxylic acids is 1. The number of ether oxygens (including phenoxy) is 1. The van der Waals surface area contributed by atoms with Crippen molar-refractivity contribution >= 4 is 22.6 Å². The number of urea groups is 1. The summed E-state index contributed by atoms with van der Waals surface area (Å²) in [5, 5.41) is 6.88. The van der Waals surface area contributed by atoms with Crippen molar-refractivity contribution in [3.8, 4) is 0 Å². The van der Waals surface area contributed by atoms with Gasteiger partial charge < -0.3 is 19.9 Å². The van der Waals surface area contributed by atoms with E-state index in [4.69, 9.17) is 4.74 Å². The summed E-state index contributed by atoms with van der Waals surface area (Å²) in [7, 11) is 0. The van der Waals surface area contributed by atoms with Crippen molar-refractivity contribution in [3.05, 3.63) is 30.5 Å². The number of nitrogens with zero attached hydrogens (tertiary/aromatic N) is 1. The fraction of sp³-hybridized carbons (Fsp3) is 0.438. The maximum Gasteiger partial charge on any atom is 0.319 e. The van der Waals surface area contributed by atoms with Crippen LogP contribution in [0.25, 0.3) is 10.9 Å². The van der Waals surface area contributed by atoms with Crippen LogP contribution in [0.1, 0.15) is 19.8 Å². The highest BCUT2D eigenvalue weighted by Crippen LogP contribution is 2.25. The second-order valence-electron chi connectivity index (χ2n) is 5.32.